The molecular weight excluding hydrogens is 214 g/mol. The smallest absolute Gasteiger partial charge is 0.0757 e. The van der Waals surface area contributed by atoms with E-state index in [1.54, 1.807) is 7.11 Å². The van der Waals surface area contributed by atoms with Gasteiger partial charge in [0.25, 0.3) is 0 Å². The van der Waals surface area contributed by atoms with Crippen molar-refractivity contribution in [3.8, 4) is 0 Å². The van der Waals surface area contributed by atoms with E-state index >= 15 is 0 Å². The lowest BCUT2D eigenvalue weighted by atomic mass is 9.69. The van der Waals surface area contributed by atoms with E-state index in [0.717, 1.165) is 18.9 Å². The standard InChI is InChI=1S/C14H29NO2/c1-4-12(2)8-14(10-16-3,11-17-15)9-13-6-5-7-13/h12-13H,4-11,15H2,1-3H3. The molecule has 0 radical (unpaired) electrons. The zero-order valence-corrected chi connectivity index (χ0v) is 11.7. The molecule has 102 valence electrons. The molecule has 3 nitrogen and oxygen atoms in total. The minimum absolute atomic E-state index is 0.129. The summed E-state index contributed by atoms with van der Waals surface area (Å²) in [5.74, 6) is 6.92. The molecule has 0 aromatic rings. The Balaban J connectivity index is 2.61. The van der Waals surface area contributed by atoms with E-state index in [9.17, 15) is 0 Å². The topological polar surface area (TPSA) is 44.5 Å². The molecule has 3 heteroatoms. The second kappa shape index (κ2) is 7.34. The van der Waals surface area contributed by atoms with E-state index in [2.05, 4.69) is 13.8 Å². The normalized spacial score (nSPS) is 21.9. The fourth-order valence-electron chi connectivity index (χ4n) is 3.04. The van der Waals surface area contributed by atoms with Crippen LogP contribution < -0.4 is 5.90 Å². The van der Waals surface area contributed by atoms with Crippen LogP contribution >= 0.6 is 0 Å². The van der Waals surface area contributed by atoms with Gasteiger partial charge in [-0.2, -0.15) is 0 Å². The molecule has 0 bridgehead atoms. The van der Waals surface area contributed by atoms with Gasteiger partial charge < -0.3 is 9.57 Å². The zero-order valence-electron chi connectivity index (χ0n) is 11.7. The first-order valence-electron chi connectivity index (χ1n) is 6.96. The molecule has 2 atom stereocenters. The maximum atomic E-state index is 5.44. The largest absolute Gasteiger partial charge is 0.384 e. The molecule has 0 aromatic carbocycles. The monoisotopic (exact) mass is 243 g/mol. The Bertz CT molecular complexity index is 190. The van der Waals surface area contributed by atoms with Crippen LogP contribution in [-0.2, 0) is 9.57 Å². The van der Waals surface area contributed by atoms with Gasteiger partial charge in [0, 0.05) is 12.5 Å². The van der Waals surface area contributed by atoms with Crippen molar-refractivity contribution in [2.24, 2.45) is 23.1 Å². The minimum atomic E-state index is 0.129. The first-order valence-corrected chi connectivity index (χ1v) is 6.96. The van der Waals surface area contributed by atoms with Gasteiger partial charge in [-0.25, -0.2) is 5.90 Å². The molecule has 0 aromatic heterocycles. The quantitative estimate of drug-likeness (QED) is 0.633. The van der Waals surface area contributed by atoms with E-state index in [0.29, 0.717) is 12.5 Å². The Labute approximate surface area is 106 Å². The third-order valence-corrected chi connectivity index (χ3v) is 4.26. The molecule has 2 unspecified atom stereocenters. The first-order chi connectivity index (χ1) is 8.15. The van der Waals surface area contributed by atoms with Gasteiger partial charge >= 0.3 is 0 Å². The number of rotatable bonds is 9. The van der Waals surface area contributed by atoms with Gasteiger partial charge in [0.2, 0.25) is 0 Å². The Hall–Kier alpha value is -0.120. The Morgan fingerprint density at radius 3 is 2.47 bits per heavy atom. The van der Waals surface area contributed by atoms with E-state index in [4.69, 9.17) is 15.5 Å². The van der Waals surface area contributed by atoms with Gasteiger partial charge in [-0.05, 0) is 24.7 Å². The Kier molecular flexibility index (Phi) is 6.45. The summed E-state index contributed by atoms with van der Waals surface area (Å²) in [6.45, 7) is 5.95. The summed E-state index contributed by atoms with van der Waals surface area (Å²) >= 11 is 0. The van der Waals surface area contributed by atoms with Crippen LogP contribution in [0.3, 0.4) is 0 Å². The average molecular weight is 243 g/mol. The number of methoxy groups -OCH3 is 1. The summed E-state index contributed by atoms with van der Waals surface area (Å²) in [4.78, 5) is 4.99. The van der Waals surface area contributed by atoms with Crippen LogP contribution in [-0.4, -0.2) is 20.3 Å². The third-order valence-electron chi connectivity index (χ3n) is 4.26. The number of hydrogen-bond donors (Lipinski definition) is 1. The molecule has 17 heavy (non-hydrogen) atoms. The summed E-state index contributed by atoms with van der Waals surface area (Å²) in [7, 11) is 1.78. The summed E-state index contributed by atoms with van der Waals surface area (Å²) in [6, 6.07) is 0. The maximum Gasteiger partial charge on any atom is 0.0757 e. The van der Waals surface area contributed by atoms with Crippen molar-refractivity contribution in [3.05, 3.63) is 0 Å². The molecule has 0 aliphatic heterocycles. The zero-order chi connectivity index (χ0) is 12.7. The van der Waals surface area contributed by atoms with Crippen molar-refractivity contribution in [2.45, 2.75) is 52.4 Å². The fraction of sp³-hybridized carbons (Fsp3) is 1.00. The van der Waals surface area contributed by atoms with Crippen molar-refractivity contribution in [3.63, 3.8) is 0 Å². The SMILES string of the molecule is CCC(C)CC(COC)(CON)CC1CCC1. The number of nitrogens with two attached hydrogens (primary N) is 1. The van der Waals surface area contributed by atoms with Crippen LogP contribution in [0.1, 0.15) is 52.4 Å². The lowest BCUT2D eigenvalue weighted by Crippen LogP contribution is -2.38. The second-order valence-electron chi connectivity index (χ2n) is 5.96. The Morgan fingerprint density at radius 2 is 2.06 bits per heavy atom. The lowest BCUT2D eigenvalue weighted by molar-refractivity contribution is -0.0426. The highest BCUT2D eigenvalue weighted by molar-refractivity contribution is 4.86. The Morgan fingerprint density at radius 1 is 1.35 bits per heavy atom. The van der Waals surface area contributed by atoms with Crippen LogP contribution in [0.2, 0.25) is 0 Å². The van der Waals surface area contributed by atoms with Crippen molar-refractivity contribution >= 4 is 0 Å². The highest BCUT2D eigenvalue weighted by atomic mass is 16.6. The number of hydrogen-bond acceptors (Lipinski definition) is 3. The van der Waals surface area contributed by atoms with Crippen LogP contribution in [0, 0.1) is 17.3 Å². The number of ether oxygens (including phenoxy) is 1. The van der Waals surface area contributed by atoms with Crippen molar-refractivity contribution in [1.29, 1.82) is 0 Å². The maximum absolute atomic E-state index is 5.44. The van der Waals surface area contributed by atoms with Gasteiger partial charge in [-0.15, -0.1) is 0 Å². The predicted octanol–water partition coefficient (Wildman–Crippen LogP) is 3.14. The molecule has 1 fully saturated rings. The summed E-state index contributed by atoms with van der Waals surface area (Å²) in [5.41, 5.74) is 0.129. The van der Waals surface area contributed by atoms with E-state index in [1.165, 1.54) is 32.1 Å². The van der Waals surface area contributed by atoms with Crippen LogP contribution in [0.25, 0.3) is 0 Å². The van der Waals surface area contributed by atoms with Gasteiger partial charge in [-0.3, -0.25) is 0 Å². The van der Waals surface area contributed by atoms with E-state index in [1.807, 2.05) is 0 Å². The van der Waals surface area contributed by atoms with Gasteiger partial charge in [0.15, 0.2) is 0 Å². The lowest BCUT2D eigenvalue weighted by Gasteiger charge is -2.40. The van der Waals surface area contributed by atoms with Crippen molar-refractivity contribution in [2.75, 3.05) is 20.3 Å². The van der Waals surface area contributed by atoms with E-state index in [-0.39, 0.29) is 5.41 Å². The summed E-state index contributed by atoms with van der Waals surface area (Å²) < 4.78 is 5.44. The molecule has 0 amide bonds. The molecule has 0 heterocycles. The minimum Gasteiger partial charge on any atom is -0.384 e. The first kappa shape index (κ1) is 14.9. The predicted molar refractivity (Wildman–Crippen MR) is 70.5 cm³/mol. The molecule has 1 saturated carbocycles. The average Bonchev–Trinajstić information content (AvgIpc) is 2.24. The molecular formula is C14H29NO2. The molecule has 0 spiro atoms. The molecule has 1 aliphatic carbocycles. The van der Waals surface area contributed by atoms with Gasteiger partial charge in [-0.1, -0.05) is 39.5 Å². The molecule has 1 aliphatic rings. The fourth-order valence-corrected chi connectivity index (χ4v) is 3.04. The van der Waals surface area contributed by atoms with Crippen molar-refractivity contribution in [1.82, 2.24) is 0 Å². The third kappa shape index (κ3) is 4.57. The van der Waals surface area contributed by atoms with Crippen LogP contribution in [0.15, 0.2) is 0 Å². The van der Waals surface area contributed by atoms with E-state index < -0.39 is 0 Å². The van der Waals surface area contributed by atoms with Gasteiger partial charge in [0.1, 0.15) is 0 Å². The summed E-state index contributed by atoms with van der Waals surface area (Å²) in [6.07, 6.45) is 7.71. The van der Waals surface area contributed by atoms with Gasteiger partial charge in [0.05, 0.1) is 13.2 Å². The highest BCUT2D eigenvalue weighted by Gasteiger charge is 2.36. The second-order valence-corrected chi connectivity index (χ2v) is 5.96. The molecule has 1 rings (SSSR count). The molecule has 0 saturated heterocycles. The summed E-state index contributed by atoms with van der Waals surface area (Å²) in [5, 5.41) is 0. The highest BCUT2D eigenvalue weighted by Crippen LogP contribution is 2.41. The van der Waals surface area contributed by atoms with Crippen molar-refractivity contribution < 1.29 is 9.57 Å². The molecule has 2 N–H and O–H groups in total. The van der Waals surface area contributed by atoms with Crippen LogP contribution in [0.5, 0.6) is 0 Å². The van der Waals surface area contributed by atoms with Crippen LogP contribution in [0.4, 0.5) is 0 Å².